The second-order valence-electron chi connectivity index (χ2n) is 6.43. The normalized spacial score (nSPS) is 17.6. The van der Waals surface area contributed by atoms with Crippen LogP contribution < -0.4 is 0 Å². The molecule has 1 aromatic rings. The van der Waals surface area contributed by atoms with Crippen molar-refractivity contribution in [1.82, 2.24) is 4.90 Å². The smallest absolute Gasteiger partial charge is 0.166 e. The standard InChI is InChI=1S/C19H29NO/c1-3-4-8-17-9-11-18(12-10-17)19(21)16(2)15-20-13-6-5-7-14-20/h9-12,16H,3-8,13-15H2,1-2H3. The molecule has 1 fully saturated rings. The number of carbonyl (C=O) groups is 1. The van der Waals surface area contributed by atoms with E-state index in [1.165, 1.54) is 37.7 Å². The summed E-state index contributed by atoms with van der Waals surface area (Å²) in [5.41, 5.74) is 2.22. The molecule has 0 amide bonds. The summed E-state index contributed by atoms with van der Waals surface area (Å²) in [5.74, 6) is 0.396. The van der Waals surface area contributed by atoms with E-state index in [2.05, 4.69) is 30.9 Å². The van der Waals surface area contributed by atoms with E-state index in [-0.39, 0.29) is 5.92 Å². The first kappa shape index (κ1) is 16.2. The Balaban J connectivity index is 1.88. The Morgan fingerprint density at radius 2 is 1.81 bits per heavy atom. The Labute approximate surface area is 129 Å². The molecular formula is C19H29NO. The largest absolute Gasteiger partial charge is 0.303 e. The van der Waals surface area contributed by atoms with Crippen molar-refractivity contribution >= 4 is 5.78 Å². The molecule has 1 saturated heterocycles. The summed E-state index contributed by atoms with van der Waals surface area (Å²) in [6.45, 7) is 7.51. The van der Waals surface area contributed by atoms with Crippen molar-refractivity contribution in [1.29, 1.82) is 0 Å². The number of nitrogens with zero attached hydrogens (tertiary/aromatic N) is 1. The highest BCUT2D eigenvalue weighted by atomic mass is 16.1. The lowest BCUT2D eigenvalue weighted by Crippen LogP contribution is -2.35. The van der Waals surface area contributed by atoms with E-state index < -0.39 is 0 Å². The highest BCUT2D eigenvalue weighted by Crippen LogP contribution is 2.16. The SMILES string of the molecule is CCCCc1ccc(C(=O)C(C)CN2CCCCC2)cc1. The lowest BCUT2D eigenvalue weighted by molar-refractivity contribution is 0.0883. The van der Waals surface area contributed by atoms with E-state index in [0.29, 0.717) is 5.78 Å². The van der Waals surface area contributed by atoms with Crippen molar-refractivity contribution in [3.05, 3.63) is 35.4 Å². The van der Waals surface area contributed by atoms with E-state index in [1.807, 2.05) is 12.1 Å². The molecule has 0 radical (unpaired) electrons. The maximum atomic E-state index is 12.5. The molecule has 1 heterocycles. The zero-order chi connectivity index (χ0) is 15.1. The summed E-state index contributed by atoms with van der Waals surface area (Å²) in [6.07, 6.45) is 7.47. The van der Waals surface area contributed by atoms with E-state index in [0.717, 1.165) is 31.6 Å². The Morgan fingerprint density at radius 3 is 2.43 bits per heavy atom. The highest BCUT2D eigenvalue weighted by molar-refractivity contribution is 5.97. The van der Waals surface area contributed by atoms with Gasteiger partial charge in [0.25, 0.3) is 0 Å². The van der Waals surface area contributed by atoms with E-state index in [1.54, 1.807) is 0 Å². The molecule has 0 spiro atoms. The third-order valence-electron chi connectivity index (χ3n) is 4.49. The number of unbranched alkanes of at least 4 members (excludes halogenated alkanes) is 1. The van der Waals surface area contributed by atoms with Crippen LogP contribution in [0.25, 0.3) is 0 Å². The van der Waals surface area contributed by atoms with Gasteiger partial charge in [0.1, 0.15) is 0 Å². The second-order valence-corrected chi connectivity index (χ2v) is 6.43. The van der Waals surface area contributed by atoms with Gasteiger partial charge in [0.2, 0.25) is 0 Å². The third-order valence-corrected chi connectivity index (χ3v) is 4.49. The van der Waals surface area contributed by atoms with Crippen molar-refractivity contribution in [3.63, 3.8) is 0 Å². The Bertz CT molecular complexity index is 431. The fraction of sp³-hybridized carbons (Fsp3) is 0.632. The highest BCUT2D eigenvalue weighted by Gasteiger charge is 2.19. The maximum absolute atomic E-state index is 12.5. The van der Waals surface area contributed by atoms with Crippen LogP contribution >= 0.6 is 0 Å². The summed E-state index contributed by atoms with van der Waals surface area (Å²) in [5, 5.41) is 0. The Morgan fingerprint density at radius 1 is 1.14 bits per heavy atom. The molecule has 116 valence electrons. The van der Waals surface area contributed by atoms with Gasteiger partial charge < -0.3 is 4.90 Å². The van der Waals surface area contributed by atoms with Crippen molar-refractivity contribution in [2.24, 2.45) is 5.92 Å². The van der Waals surface area contributed by atoms with E-state index in [9.17, 15) is 4.79 Å². The summed E-state index contributed by atoms with van der Waals surface area (Å²) in [7, 11) is 0. The third kappa shape index (κ3) is 4.96. The number of benzene rings is 1. The fourth-order valence-corrected chi connectivity index (χ4v) is 3.11. The van der Waals surface area contributed by atoms with Gasteiger partial charge in [0.05, 0.1) is 0 Å². The molecule has 0 aliphatic carbocycles. The minimum atomic E-state index is 0.101. The van der Waals surface area contributed by atoms with E-state index in [4.69, 9.17) is 0 Å². The van der Waals surface area contributed by atoms with Crippen LogP contribution in [0, 0.1) is 5.92 Å². The van der Waals surface area contributed by atoms with Gasteiger partial charge in [-0.3, -0.25) is 4.79 Å². The number of Topliss-reactive ketones (excluding diaryl/α,β-unsaturated/α-hetero) is 1. The molecule has 2 heteroatoms. The molecule has 0 bridgehead atoms. The van der Waals surface area contributed by atoms with Crippen molar-refractivity contribution in [2.45, 2.75) is 52.4 Å². The van der Waals surface area contributed by atoms with Crippen LogP contribution in [-0.2, 0) is 6.42 Å². The molecule has 0 N–H and O–H groups in total. The van der Waals surface area contributed by atoms with Crippen LogP contribution in [0.5, 0.6) is 0 Å². The summed E-state index contributed by atoms with van der Waals surface area (Å²) < 4.78 is 0. The molecule has 1 aliphatic rings. The topological polar surface area (TPSA) is 20.3 Å². The predicted octanol–water partition coefficient (Wildman–Crippen LogP) is 4.33. The monoisotopic (exact) mass is 287 g/mol. The van der Waals surface area contributed by atoms with E-state index >= 15 is 0 Å². The molecule has 1 aliphatic heterocycles. The quantitative estimate of drug-likeness (QED) is 0.696. The zero-order valence-corrected chi connectivity index (χ0v) is 13.6. The minimum Gasteiger partial charge on any atom is -0.303 e. The number of piperidine rings is 1. The van der Waals surface area contributed by atoms with Gasteiger partial charge >= 0.3 is 0 Å². The molecule has 1 aromatic carbocycles. The maximum Gasteiger partial charge on any atom is 0.166 e. The molecule has 2 nitrogen and oxygen atoms in total. The number of ketones is 1. The number of hydrogen-bond donors (Lipinski definition) is 0. The van der Waals surface area contributed by atoms with Crippen molar-refractivity contribution in [3.8, 4) is 0 Å². The molecule has 21 heavy (non-hydrogen) atoms. The van der Waals surface area contributed by atoms with Crippen LogP contribution in [-0.4, -0.2) is 30.3 Å². The van der Waals surface area contributed by atoms with Crippen molar-refractivity contribution in [2.75, 3.05) is 19.6 Å². The lowest BCUT2D eigenvalue weighted by atomic mass is 9.96. The van der Waals surface area contributed by atoms with Crippen LogP contribution in [0.1, 0.15) is 61.9 Å². The zero-order valence-electron chi connectivity index (χ0n) is 13.6. The molecule has 2 rings (SSSR count). The summed E-state index contributed by atoms with van der Waals surface area (Å²) in [6, 6.07) is 8.27. The molecule has 0 aromatic heterocycles. The van der Waals surface area contributed by atoms with Crippen LogP contribution in [0.15, 0.2) is 24.3 Å². The Hall–Kier alpha value is -1.15. The summed E-state index contributed by atoms with van der Waals surface area (Å²) >= 11 is 0. The van der Waals surface area contributed by atoms with Gasteiger partial charge in [0.15, 0.2) is 5.78 Å². The van der Waals surface area contributed by atoms with Gasteiger partial charge in [-0.15, -0.1) is 0 Å². The number of carbonyl (C=O) groups excluding carboxylic acids is 1. The first-order valence-electron chi connectivity index (χ1n) is 8.56. The first-order valence-corrected chi connectivity index (χ1v) is 8.56. The number of aryl methyl sites for hydroxylation is 1. The summed E-state index contributed by atoms with van der Waals surface area (Å²) in [4.78, 5) is 15.0. The van der Waals surface area contributed by atoms with Gasteiger partial charge in [-0.25, -0.2) is 0 Å². The molecule has 0 saturated carbocycles. The lowest BCUT2D eigenvalue weighted by Gasteiger charge is -2.28. The van der Waals surface area contributed by atoms with Gasteiger partial charge in [0, 0.05) is 18.0 Å². The molecular weight excluding hydrogens is 258 g/mol. The number of likely N-dealkylation sites (tertiary alicyclic amines) is 1. The van der Waals surface area contributed by atoms with Gasteiger partial charge in [-0.2, -0.15) is 0 Å². The second kappa shape index (κ2) is 8.33. The van der Waals surface area contributed by atoms with Crippen LogP contribution in [0.2, 0.25) is 0 Å². The Kier molecular flexibility index (Phi) is 6.44. The minimum absolute atomic E-state index is 0.101. The molecule has 1 unspecified atom stereocenters. The van der Waals surface area contributed by atoms with Gasteiger partial charge in [-0.05, 0) is 44.3 Å². The number of hydrogen-bond acceptors (Lipinski definition) is 2. The fourth-order valence-electron chi connectivity index (χ4n) is 3.11. The van der Waals surface area contributed by atoms with Crippen LogP contribution in [0.3, 0.4) is 0 Å². The number of rotatable bonds is 7. The predicted molar refractivity (Wildman–Crippen MR) is 88.8 cm³/mol. The van der Waals surface area contributed by atoms with Gasteiger partial charge in [-0.1, -0.05) is 51.0 Å². The average Bonchev–Trinajstić information content (AvgIpc) is 2.53. The van der Waals surface area contributed by atoms with Crippen molar-refractivity contribution < 1.29 is 4.79 Å². The first-order chi connectivity index (χ1) is 10.2. The average molecular weight is 287 g/mol. The molecule has 1 atom stereocenters. The van der Waals surface area contributed by atoms with Crippen LogP contribution in [0.4, 0.5) is 0 Å².